The molecular weight excluding hydrogens is 242 g/mol. The first-order valence-electron chi connectivity index (χ1n) is 6.70. The Morgan fingerprint density at radius 2 is 1.89 bits per heavy atom. The van der Waals surface area contributed by atoms with Crippen LogP contribution in [0, 0.1) is 0 Å². The van der Waals surface area contributed by atoms with E-state index >= 15 is 0 Å². The number of ether oxygens (including phenoxy) is 2. The van der Waals surface area contributed by atoms with Crippen molar-refractivity contribution in [2.45, 2.75) is 20.3 Å². The number of hydrogen-bond donors (Lipinski definition) is 0. The Morgan fingerprint density at radius 1 is 1.21 bits per heavy atom. The van der Waals surface area contributed by atoms with E-state index < -0.39 is 0 Å². The number of rotatable bonds is 8. The summed E-state index contributed by atoms with van der Waals surface area (Å²) in [4.78, 5) is 13.5. The number of esters is 1. The lowest BCUT2D eigenvalue weighted by atomic mass is 10.1. The van der Waals surface area contributed by atoms with Gasteiger partial charge in [-0.2, -0.15) is 0 Å². The maximum atomic E-state index is 11.4. The fourth-order valence-electron chi connectivity index (χ4n) is 1.82. The number of likely N-dealkylation sites (N-methyl/N-ethyl adjacent to an activating group) is 1. The largest absolute Gasteiger partial charge is 0.497 e. The van der Waals surface area contributed by atoms with E-state index in [0.29, 0.717) is 13.2 Å². The molecule has 0 fully saturated rings. The van der Waals surface area contributed by atoms with Crippen molar-refractivity contribution in [3.63, 3.8) is 0 Å². The number of benzene rings is 1. The van der Waals surface area contributed by atoms with Crippen LogP contribution in [0.1, 0.15) is 19.4 Å². The Kier molecular flexibility index (Phi) is 6.97. The average molecular weight is 265 g/mol. The number of carbonyl (C=O) groups excluding carboxylic acids is 1. The third kappa shape index (κ3) is 5.75. The first-order valence-corrected chi connectivity index (χ1v) is 6.70. The maximum Gasteiger partial charge on any atom is 0.320 e. The normalized spacial score (nSPS) is 10.5. The molecule has 1 aromatic rings. The number of methoxy groups -OCH3 is 1. The minimum atomic E-state index is -0.154. The molecule has 0 radical (unpaired) electrons. The highest BCUT2D eigenvalue weighted by molar-refractivity contribution is 5.71. The van der Waals surface area contributed by atoms with Crippen LogP contribution in [0.3, 0.4) is 0 Å². The van der Waals surface area contributed by atoms with Crippen molar-refractivity contribution in [3.05, 3.63) is 29.8 Å². The molecule has 0 aliphatic rings. The summed E-state index contributed by atoms with van der Waals surface area (Å²) in [6.45, 7) is 6.37. The zero-order chi connectivity index (χ0) is 14.1. The SMILES string of the molecule is CCOC(=O)CN(CC)CCc1ccc(OC)cc1. The Bertz CT molecular complexity index is 375. The molecule has 1 aromatic carbocycles. The second kappa shape index (κ2) is 8.53. The predicted octanol–water partition coefficient (Wildman–Crippen LogP) is 2.12. The molecule has 0 bridgehead atoms. The van der Waals surface area contributed by atoms with E-state index in [9.17, 15) is 4.79 Å². The monoisotopic (exact) mass is 265 g/mol. The summed E-state index contributed by atoms with van der Waals surface area (Å²) in [5.74, 6) is 0.710. The van der Waals surface area contributed by atoms with E-state index in [1.54, 1.807) is 7.11 Å². The predicted molar refractivity (Wildman–Crippen MR) is 75.4 cm³/mol. The Morgan fingerprint density at radius 3 is 2.42 bits per heavy atom. The highest BCUT2D eigenvalue weighted by Gasteiger charge is 2.09. The molecule has 0 saturated carbocycles. The van der Waals surface area contributed by atoms with Gasteiger partial charge in [-0.25, -0.2) is 0 Å². The van der Waals surface area contributed by atoms with Gasteiger partial charge in [0.05, 0.1) is 20.3 Å². The fraction of sp³-hybridized carbons (Fsp3) is 0.533. The van der Waals surface area contributed by atoms with E-state index in [4.69, 9.17) is 9.47 Å². The lowest BCUT2D eigenvalue weighted by Gasteiger charge is -2.19. The van der Waals surface area contributed by atoms with Crippen LogP contribution >= 0.6 is 0 Å². The van der Waals surface area contributed by atoms with Crippen LogP contribution in [0.2, 0.25) is 0 Å². The quantitative estimate of drug-likeness (QED) is 0.675. The number of nitrogens with zero attached hydrogens (tertiary/aromatic N) is 1. The van der Waals surface area contributed by atoms with Crippen LogP contribution < -0.4 is 4.74 Å². The summed E-state index contributed by atoms with van der Waals surface area (Å²) >= 11 is 0. The molecule has 1 rings (SSSR count). The van der Waals surface area contributed by atoms with Gasteiger partial charge in [0.2, 0.25) is 0 Å². The van der Waals surface area contributed by atoms with Crippen LogP contribution in [-0.2, 0) is 16.0 Å². The molecule has 19 heavy (non-hydrogen) atoms. The average Bonchev–Trinajstić information content (AvgIpc) is 2.44. The summed E-state index contributed by atoms with van der Waals surface area (Å²) in [7, 11) is 1.66. The second-order valence-electron chi connectivity index (χ2n) is 4.27. The van der Waals surface area contributed by atoms with Crippen LogP contribution in [0.25, 0.3) is 0 Å². The highest BCUT2D eigenvalue weighted by Crippen LogP contribution is 2.11. The third-order valence-electron chi connectivity index (χ3n) is 2.98. The van der Waals surface area contributed by atoms with Crippen molar-refractivity contribution in [2.24, 2.45) is 0 Å². The molecule has 0 amide bonds. The van der Waals surface area contributed by atoms with Gasteiger partial charge >= 0.3 is 5.97 Å². The van der Waals surface area contributed by atoms with E-state index in [1.165, 1.54) is 5.56 Å². The van der Waals surface area contributed by atoms with Crippen molar-refractivity contribution >= 4 is 5.97 Å². The summed E-state index contributed by atoms with van der Waals surface area (Å²) in [5.41, 5.74) is 1.24. The van der Waals surface area contributed by atoms with Crippen molar-refractivity contribution in [2.75, 3.05) is 33.4 Å². The maximum absolute atomic E-state index is 11.4. The molecule has 106 valence electrons. The van der Waals surface area contributed by atoms with Crippen molar-refractivity contribution < 1.29 is 14.3 Å². The van der Waals surface area contributed by atoms with Gasteiger partial charge in [-0.3, -0.25) is 9.69 Å². The second-order valence-corrected chi connectivity index (χ2v) is 4.27. The van der Waals surface area contributed by atoms with Crippen molar-refractivity contribution in [1.82, 2.24) is 4.90 Å². The Hall–Kier alpha value is -1.55. The molecule has 0 heterocycles. The smallest absolute Gasteiger partial charge is 0.320 e. The lowest BCUT2D eigenvalue weighted by molar-refractivity contribution is -0.144. The van der Waals surface area contributed by atoms with E-state index in [2.05, 4.69) is 17.0 Å². The van der Waals surface area contributed by atoms with Gasteiger partial charge in [0, 0.05) is 6.54 Å². The van der Waals surface area contributed by atoms with E-state index in [1.807, 2.05) is 26.0 Å². The van der Waals surface area contributed by atoms with Crippen LogP contribution in [0.4, 0.5) is 0 Å². The van der Waals surface area contributed by atoms with Crippen LogP contribution in [0.15, 0.2) is 24.3 Å². The summed E-state index contributed by atoms with van der Waals surface area (Å²) in [5, 5.41) is 0. The number of hydrogen-bond acceptors (Lipinski definition) is 4. The molecule has 4 nitrogen and oxygen atoms in total. The van der Waals surface area contributed by atoms with Gasteiger partial charge in [0.25, 0.3) is 0 Å². The fourth-order valence-corrected chi connectivity index (χ4v) is 1.82. The summed E-state index contributed by atoms with van der Waals surface area (Å²) in [6.07, 6.45) is 0.914. The van der Waals surface area contributed by atoms with Crippen LogP contribution in [-0.4, -0.2) is 44.2 Å². The minimum absolute atomic E-state index is 0.154. The Balaban J connectivity index is 2.41. The van der Waals surface area contributed by atoms with Gasteiger partial charge in [-0.05, 0) is 37.6 Å². The zero-order valence-corrected chi connectivity index (χ0v) is 12.0. The molecule has 0 aliphatic heterocycles. The van der Waals surface area contributed by atoms with Crippen molar-refractivity contribution in [3.8, 4) is 5.75 Å². The minimum Gasteiger partial charge on any atom is -0.497 e. The van der Waals surface area contributed by atoms with Gasteiger partial charge < -0.3 is 9.47 Å². The molecule has 0 atom stereocenters. The lowest BCUT2D eigenvalue weighted by Crippen LogP contribution is -2.32. The molecule has 0 saturated heterocycles. The summed E-state index contributed by atoms with van der Waals surface area (Å²) in [6, 6.07) is 8.02. The van der Waals surface area contributed by atoms with Gasteiger partial charge in [-0.15, -0.1) is 0 Å². The summed E-state index contributed by atoms with van der Waals surface area (Å²) < 4.78 is 10.1. The standard InChI is InChI=1S/C15H23NO3/c1-4-16(12-15(17)19-5-2)11-10-13-6-8-14(18-3)9-7-13/h6-9H,4-5,10-12H2,1-3H3. The topological polar surface area (TPSA) is 38.8 Å². The third-order valence-corrected chi connectivity index (χ3v) is 2.98. The highest BCUT2D eigenvalue weighted by atomic mass is 16.5. The first kappa shape index (κ1) is 15.5. The molecular formula is C15H23NO3. The van der Waals surface area contributed by atoms with Crippen LogP contribution in [0.5, 0.6) is 5.75 Å². The molecule has 0 aromatic heterocycles. The van der Waals surface area contributed by atoms with E-state index in [-0.39, 0.29) is 5.97 Å². The van der Waals surface area contributed by atoms with Crippen molar-refractivity contribution in [1.29, 1.82) is 0 Å². The molecule has 0 aliphatic carbocycles. The zero-order valence-electron chi connectivity index (χ0n) is 12.0. The molecule has 0 unspecified atom stereocenters. The van der Waals surface area contributed by atoms with Gasteiger partial charge in [-0.1, -0.05) is 19.1 Å². The van der Waals surface area contributed by atoms with E-state index in [0.717, 1.165) is 25.3 Å². The molecule has 0 spiro atoms. The number of carbonyl (C=O) groups is 1. The molecule has 4 heteroatoms. The van der Waals surface area contributed by atoms with Gasteiger partial charge in [0.15, 0.2) is 0 Å². The molecule has 0 N–H and O–H groups in total. The first-order chi connectivity index (χ1) is 9.19. The Labute approximate surface area is 115 Å². The van der Waals surface area contributed by atoms with Gasteiger partial charge in [0.1, 0.15) is 5.75 Å².